The van der Waals surface area contributed by atoms with Crippen molar-refractivity contribution in [1.82, 2.24) is 0 Å². The molecular weight excluding hydrogens is 997 g/mol. The van der Waals surface area contributed by atoms with E-state index >= 15 is 0 Å². The van der Waals surface area contributed by atoms with Crippen molar-refractivity contribution in [2.45, 2.75) is 309 Å². The molecule has 0 aromatic heterocycles. The van der Waals surface area contributed by atoms with Crippen molar-refractivity contribution in [3.05, 3.63) is 134 Å². The summed E-state index contributed by atoms with van der Waals surface area (Å²) in [5.41, 5.74) is 0. The van der Waals surface area contributed by atoms with Crippen LogP contribution in [0.5, 0.6) is 0 Å². The van der Waals surface area contributed by atoms with E-state index in [2.05, 4.69) is 142 Å². The van der Waals surface area contributed by atoms with E-state index in [4.69, 9.17) is 14.2 Å². The first kappa shape index (κ1) is 76.5. The SMILES string of the molecule is CC/C=C\C/C=C\C/C=C\C/C=C\C/C=C\CCCCCC(=O)OC(COC(=O)C/C=C\C/C=C\C/C=C\C/C=C\C/C=C\CC)COC(=O)CCCCCCCCCCCCCCCCCCC/C=C\CCCCCCCCCC. The van der Waals surface area contributed by atoms with Gasteiger partial charge in [0.05, 0.1) is 6.42 Å². The van der Waals surface area contributed by atoms with Gasteiger partial charge in [-0.3, -0.25) is 14.4 Å². The molecule has 0 saturated heterocycles. The van der Waals surface area contributed by atoms with Crippen LogP contribution < -0.4 is 0 Å². The maximum atomic E-state index is 12.9. The van der Waals surface area contributed by atoms with E-state index in [1.807, 2.05) is 6.08 Å². The normalized spacial score (nSPS) is 13.0. The van der Waals surface area contributed by atoms with Crippen molar-refractivity contribution >= 4 is 17.9 Å². The van der Waals surface area contributed by atoms with Crippen molar-refractivity contribution in [1.29, 1.82) is 0 Å². The van der Waals surface area contributed by atoms with Gasteiger partial charge in [0.2, 0.25) is 0 Å². The first-order valence-corrected chi connectivity index (χ1v) is 33.7. The Balaban J connectivity index is 4.37. The molecule has 0 aromatic rings. The first-order valence-electron chi connectivity index (χ1n) is 33.7. The third-order valence-electron chi connectivity index (χ3n) is 14.2. The third kappa shape index (κ3) is 66.2. The second-order valence-corrected chi connectivity index (χ2v) is 22.0. The molecule has 0 bridgehead atoms. The molecule has 0 heterocycles. The van der Waals surface area contributed by atoms with Crippen LogP contribution >= 0.6 is 0 Å². The lowest BCUT2D eigenvalue weighted by Gasteiger charge is -2.18. The summed E-state index contributed by atoms with van der Waals surface area (Å²) in [6, 6.07) is 0. The van der Waals surface area contributed by atoms with E-state index in [1.54, 1.807) is 6.08 Å². The van der Waals surface area contributed by atoms with Crippen LogP contribution in [0.1, 0.15) is 303 Å². The average Bonchev–Trinajstić information content (AvgIpc) is 3.47. The molecule has 1 unspecified atom stereocenters. The number of hydrogen-bond acceptors (Lipinski definition) is 6. The zero-order valence-corrected chi connectivity index (χ0v) is 52.8. The molecule has 0 N–H and O–H groups in total. The van der Waals surface area contributed by atoms with Gasteiger partial charge in [-0.05, 0) is 116 Å². The molecule has 81 heavy (non-hydrogen) atoms. The minimum Gasteiger partial charge on any atom is -0.462 e. The van der Waals surface area contributed by atoms with Crippen LogP contribution in [0, 0.1) is 0 Å². The van der Waals surface area contributed by atoms with Crippen molar-refractivity contribution in [3.63, 3.8) is 0 Å². The van der Waals surface area contributed by atoms with E-state index in [-0.39, 0.29) is 38.0 Å². The van der Waals surface area contributed by atoms with Gasteiger partial charge >= 0.3 is 17.9 Å². The van der Waals surface area contributed by atoms with Gasteiger partial charge in [0.15, 0.2) is 6.10 Å². The zero-order valence-electron chi connectivity index (χ0n) is 52.8. The summed E-state index contributed by atoms with van der Waals surface area (Å²) in [6.45, 7) is 6.31. The molecule has 1 atom stereocenters. The number of unbranched alkanes of at least 4 members (excludes halogenated alkanes) is 28. The average molecular weight is 1120 g/mol. The highest BCUT2D eigenvalue weighted by Crippen LogP contribution is 2.16. The number of ether oxygens (including phenoxy) is 3. The minimum absolute atomic E-state index is 0.115. The Hall–Kier alpha value is -4.45. The van der Waals surface area contributed by atoms with Crippen LogP contribution in [0.3, 0.4) is 0 Å². The summed E-state index contributed by atoms with van der Waals surface area (Å²) in [4.78, 5) is 38.3. The molecule has 6 heteroatoms. The summed E-state index contributed by atoms with van der Waals surface area (Å²) in [5.74, 6) is -1.09. The number of carbonyl (C=O) groups excluding carboxylic acids is 3. The summed E-state index contributed by atoms with van der Waals surface area (Å²) < 4.78 is 16.8. The zero-order chi connectivity index (χ0) is 58.5. The second kappa shape index (κ2) is 68.1. The lowest BCUT2D eigenvalue weighted by atomic mass is 10.0. The number of rotatable bonds is 60. The molecule has 0 rings (SSSR count). The summed E-state index contributed by atoms with van der Waals surface area (Å²) in [6.07, 6.45) is 96.5. The van der Waals surface area contributed by atoms with E-state index < -0.39 is 12.1 Å². The Morgan fingerprint density at radius 3 is 0.889 bits per heavy atom. The van der Waals surface area contributed by atoms with Gasteiger partial charge in [0.1, 0.15) is 13.2 Å². The predicted octanol–water partition coefficient (Wildman–Crippen LogP) is 23.3. The maximum absolute atomic E-state index is 12.9. The van der Waals surface area contributed by atoms with Gasteiger partial charge < -0.3 is 14.2 Å². The molecule has 460 valence electrons. The summed E-state index contributed by atoms with van der Waals surface area (Å²) in [5, 5.41) is 0. The number of carbonyl (C=O) groups is 3. The summed E-state index contributed by atoms with van der Waals surface area (Å²) in [7, 11) is 0. The molecule has 0 aliphatic heterocycles. The maximum Gasteiger partial charge on any atom is 0.309 e. The van der Waals surface area contributed by atoms with Gasteiger partial charge in [0, 0.05) is 12.8 Å². The van der Waals surface area contributed by atoms with Crippen LogP contribution in [-0.2, 0) is 28.6 Å². The Morgan fingerprint density at radius 1 is 0.272 bits per heavy atom. The molecule has 0 saturated carbocycles. The fourth-order valence-corrected chi connectivity index (χ4v) is 9.19. The van der Waals surface area contributed by atoms with Crippen LogP contribution in [0.15, 0.2) is 134 Å². The van der Waals surface area contributed by atoms with Gasteiger partial charge in [-0.15, -0.1) is 0 Å². The molecule has 0 aliphatic rings. The smallest absolute Gasteiger partial charge is 0.309 e. The van der Waals surface area contributed by atoms with Crippen molar-refractivity contribution in [2.75, 3.05) is 13.2 Å². The highest BCUT2D eigenvalue weighted by Gasteiger charge is 2.19. The van der Waals surface area contributed by atoms with E-state index in [0.717, 1.165) is 103 Å². The van der Waals surface area contributed by atoms with E-state index in [0.29, 0.717) is 12.8 Å². The molecule has 0 radical (unpaired) electrons. The van der Waals surface area contributed by atoms with E-state index in [9.17, 15) is 14.4 Å². The fraction of sp³-hybridized carbons (Fsp3) is 0.667. The Kier molecular flexibility index (Phi) is 64.3. The van der Waals surface area contributed by atoms with Crippen LogP contribution in [0.4, 0.5) is 0 Å². The van der Waals surface area contributed by atoms with Gasteiger partial charge in [-0.1, -0.05) is 302 Å². The lowest BCUT2D eigenvalue weighted by Crippen LogP contribution is -2.30. The lowest BCUT2D eigenvalue weighted by molar-refractivity contribution is -0.166. The van der Waals surface area contributed by atoms with Crippen LogP contribution in [-0.4, -0.2) is 37.2 Å². The first-order chi connectivity index (χ1) is 40.0. The monoisotopic (exact) mass is 1120 g/mol. The highest BCUT2D eigenvalue weighted by molar-refractivity contribution is 5.72. The standard InChI is InChI=1S/C75H124O6/c1-4-7-10-13-16-19-22-25-28-30-32-33-34-35-36-37-38-39-40-41-43-44-47-50-53-56-59-62-65-68-74(77)80-71-72(70-79-73(76)67-64-61-58-55-52-49-46-27-24-21-18-15-12-9-6-3)81-75(78)69-66-63-60-57-54-51-48-45-42-31-29-26-23-20-17-14-11-8-5-2/h8-9,11-12,17-18,20-21,26-27,29-30,32,42,45-46,51-52,54-55,61,64,72H,4-7,10,13-16,19,22-25,28,31,33-41,43-44,47-50,53,56-60,62-63,65-71H2,1-3H3/b11-8-,12-9-,20-17-,21-18-,29-26-,32-30-,45-42-,46-27-,54-51-,55-52-,64-61-. The van der Waals surface area contributed by atoms with Gasteiger partial charge in [-0.2, -0.15) is 0 Å². The fourth-order valence-electron chi connectivity index (χ4n) is 9.19. The molecule has 0 aliphatic carbocycles. The topological polar surface area (TPSA) is 78.9 Å². The quantitative estimate of drug-likeness (QED) is 0.0261. The number of hydrogen-bond donors (Lipinski definition) is 0. The van der Waals surface area contributed by atoms with Crippen molar-refractivity contribution in [3.8, 4) is 0 Å². The van der Waals surface area contributed by atoms with E-state index in [1.165, 1.54) is 154 Å². The van der Waals surface area contributed by atoms with Crippen molar-refractivity contribution < 1.29 is 28.6 Å². The minimum atomic E-state index is -0.841. The van der Waals surface area contributed by atoms with Gasteiger partial charge in [0.25, 0.3) is 0 Å². The van der Waals surface area contributed by atoms with Crippen molar-refractivity contribution in [2.24, 2.45) is 0 Å². The second-order valence-electron chi connectivity index (χ2n) is 22.0. The molecule has 6 nitrogen and oxygen atoms in total. The Bertz CT molecular complexity index is 1720. The number of allylic oxidation sites excluding steroid dienone is 21. The van der Waals surface area contributed by atoms with Crippen LogP contribution in [0.2, 0.25) is 0 Å². The Labute approximate surface area is 500 Å². The molecule has 0 amide bonds. The predicted molar refractivity (Wildman–Crippen MR) is 353 cm³/mol. The summed E-state index contributed by atoms with van der Waals surface area (Å²) >= 11 is 0. The highest BCUT2D eigenvalue weighted by atomic mass is 16.6. The van der Waals surface area contributed by atoms with Gasteiger partial charge in [-0.25, -0.2) is 0 Å². The largest absolute Gasteiger partial charge is 0.462 e. The third-order valence-corrected chi connectivity index (χ3v) is 14.2. The van der Waals surface area contributed by atoms with Crippen LogP contribution in [0.25, 0.3) is 0 Å². The molecule has 0 spiro atoms. The number of esters is 3. The molecule has 0 aromatic carbocycles. The Morgan fingerprint density at radius 2 is 0.531 bits per heavy atom. The molecule has 0 fully saturated rings. The molecular formula is C75H124O6.